The predicted octanol–water partition coefficient (Wildman–Crippen LogP) is 2.80. The summed E-state index contributed by atoms with van der Waals surface area (Å²) in [5.41, 5.74) is 5.08. The van der Waals surface area contributed by atoms with Gasteiger partial charge in [0, 0.05) is 6.20 Å². The summed E-state index contributed by atoms with van der Waals surface area (Å²) in [4.78, 5) is 12.6. The molecule has 0 bridgehead atoms. The van der Waals surface area contributed by atoms with Crippen molar-refractivity contribution in [2.45, 2.75) is 0 Å². The summed E-state index contributed by atoms with van der Waals surface area (Å²) in [7, 11) is 0. The van der Waals surface area contributed by atoms with E-state index in [1.54, 1.807) is 41.6 Å². The largest absolute Gasteiger partial charge is 0.262 e. The van der Waals surface area contributed by atoms with Crippen LogP contribution in [0.3, 0.4) is 0 Å². The van der Waals surface area contributed by atoms with Gasteiger partial charge in [-0.05, 0) is 29.8 Å². The number of fused-ring (bicyclic) bond motifs is 1. The first-order valence-corrected chi connectivity index (χ1v) is 7.45. The van der Waals surface area contributed by atoms with Crippen molar-refractivity contribution in [2.75, 3.05) is 5.43 Å². The van der Waals surface area contributed by atoms with E-state index in [1.807, 2.05) is 12.1 Å². The van der Waals surface area contributed by atoms with Crippen molar-refractivity contribution >= 4 is 23.1 Å². The average Bonchev–Trinajstić information content (AvgIpc) is 3.09. The molecule has 0 spiro atoms. The Balaban J connectivity index is 1.62. The SMILES string of the molecule is Fc1ccc(/C=N/Nc2ncnc3c2cnn3-c2cccnc2)cc1. The second-order valence-corrected chi connectivity index (χ2v) is 5.15. The number of nitrogens with one attached hydrogen (secondary N) is 1. The summed E-state index contributed by atoms with van der Waals surface area (Å²) in [6.45, 7) is 0. The van der Waals surface area contributed by atoms with E-state index in [0.29, 0.717) is 11.5 Å². The van der Waals surface area contributed by atoms with E-state index in [-0.39, 0.29) is 5.82 Å². The molecule has 0 saturated heterocycles. The van der Waals surface area contributed by atoms with Crippen LogP contribution >= 0.6 is 0 Å². The molecule has 1 aromatic carbocycles. The van der Waals surface area contributed by atoms with Gasteiger partial charge in [-0.2, -0.15) is 10.2 Å². The third-order valence-electron chi connectivity index (χ3n) is 3.51. The molecule has 0 radical (unpaired) electrons. The van der Waals surface area contributed by atoms with E-state index in [2.05, 4.69) is 30.6 Å². The number of anilines is 1. The minimum Gasteiger partial charge on any atom is -0.262 e. The van der Waals surface area contributed by atoms with Crippen molar-refractivity contribution in [3.05, 3.63) is 72.7 Å². The Bertz CT molecular complexity index is 1030. The molecule has 1 N–H and O–H groups in total. The van der Waals surface area contributed by atoms with Crippen LogP contribution in [0.1, 0.15) is 5.56 Å². The molecule has 0 saturated carbocycles. The minimum absolute atomic E-state index is 0.287. The monoisotopic (exact) mass is 333 g/mol. The lowest BCUT2D eigenvalue weighted by atomic mass is 10.2. The van der Waals surface area contributed by atoms with Crippen LogP contribution in [-0.4, -0.2) is 30.9 Å². The molecular weight excluding hydrogens is 321 g/mol. The zero-order valence-corrected chi connectivity index (χ0v) is 12.9. The molecule has 25 heavy (non-hydrogen) atoms. The third-order valence-corrected chi connectivity index (χ3v) is 3.51. The zero-order valence-electron chi connectivity index (χ0n) is 12.9. The van der Waals surface area contributed by atoms with E-state index in [4.69, 9.17) is 0 Å². The van der Waals surface area contributed by atoms with Gasteiger partial charge in [0.1, 0.15) is 12.1 Å². The molecule has 3 heterocycles. The van der Waals surface area contributed by atoms with Gasteiger partial charge in [-0.15, -0.1) is 0 Å². The van der Waals surface area contributed by atoms with E-state index in [0.717, 1.165) is 16.6 Å². The Kier molecular flexibility index (Phi) is 3.83. The minimum atomic E-state index is -0.287. The van der Waals surface area contributed by atoms with E-state index >= 15 is 0 Å². The summed E-state index contributed by atoms with van der Waals surface area (Å²) in [6, 6.07) is 9.74. The van der Waals surface area contributed by atoms with Gasteiger partial charge in [0.25, 0.3) is 0 Å². The number of benzene rings is 1. The van der Waals surface area contributed by atoms with Gasteiger partial charge in [-0.3, -0.25) is 10.4 Å². The summed E-state index contributed by atoms with van der Waals surface area (Å²) in [5.74, 6) is 0.240. The van der Waals surface area contributed by atoms with Gasteiger partial charge >= 0.3 is 0 Å². The van der Waals surface area contributed by atoms with Gasteiger partial charge in [0.2, 0.25) is 0 Å². The van der Waals surface area contributed by atoms with Crippen LogP contribution < -0.4 is 5.43 Å². The topological polar surface area (TPSA) is 80.9 Å². The molecule has 0 amide bonds. The Morgan fingerprint density at radius 3 is 2.76 bits per heavy atom. The molecule has 4 aromatic rings. The van der Waals surface area contributed by atoms with Gasteiger partial charge in [0.05, 0.1) is 29.7 Å². The number of hydrazone groups is 1. The summed E-state index contributed by atoms with van der Waals surface area (Å²) in [5, 5.41) is 9.20. The first-order chi connectivity index (χ1) is 12.3. The molecule has 122 valence electrons. The summed E-state index contributed by atoms with van der Waals surface area (Å²) >= 11 is 0. The van der Waals surface area contributed by atoms with Gasteiger partial charge in [-0.25, -0.2) is 19.0 Å². The molecule has 0 unspecified atom stereocenters. The van der Waals surface area contributed by atoms with E-state index < -0.39 is 0 Å². The first kappa shape index (κ1) is 14.9. The molecule has 7 nitrogen and oxygen atoms in total. The molecule has 0 aliphatic heterocycles. The fraction of sp³-hybridized carbons (Fsp3) is 0. The molecule has 8 heteroatoms. The van der Waals surface area contributed by atoms with Gasteiger partial charge in [-0.1, -0.05) is 12.1 Å². The standard InChI is InChI=1S/C17H12FN7/c18-13-5-3-12(4-6-13)8-22-24-16-15-10-23-25(17(15)21-11-20-16)14-2-1-7-19-9-14/h1-11H,(H,20,21,24)/b22-8+. The zero-order chi connectivity index (χ0) is 17.1. The quantitative estimate of drug-likeness (QED) is 0.459. The van der Waals surface area contributed by atoms with Crippen molar-refractivity contribution in [1.82, 2.24) is 24.7 Å². The highest BCUT2D eigenvalue weighted by molar-refractivity contribution is 5.88. The van der Waals surface area contributed by atoms with Crippen molar-refractivity contribution < 1.29 is 4.39 Å². The second kappa shape index (κ2) is 6.44. The number of rotatable bonds is 4. The molecule has 0 fully saturated rings. The van der Waals surface area contributed by atoms with Crippen LogP contribution in [0.5, 0.6) is 0 Å². The fourth-order valence-corrected chi connectivity index (χ4v) is 2.32. The number of nitrogens with zero attached hydrogens (tertiary/aromatic N) is 6. The lowest BCUT2D eigenvalue weighted by molar-refractivity contribution is 0.628. The average molecular weight is 333 g/mol. The lowest BCUT2D eigenvalue weighted by Crippen LogP contribution is -1.99. The lowest BCUT2D eigenvalue weighted by Gasteiger charge is -2.03. The fourth-order valence-electron chi connectivity index (χ4n) is 2.32. The maximum Gasteiger partial charge on any atom is 0.168 e. The Morgan fingerprint density at radius 1 is 1.08 bits per heavy atom. The first-order valence-electron chi connectivity index (χ1n) is 7.45. The highest BCUT2D eigenvalue weighted by Gasteiger charge is 2.10. The smallest absolute Gasteiger partial charge is 0.168 e. The Labute approximate surface area is 141 Å². The number of pyridine rings is 1. The maximum absolute atomic E-state index is 12.9. The summed E-state index contributed by atoms with van der Waals surface area (Å²) < 4.78 is 14.6. The Morgan fingerprint density at radius 2 is 1.96 bits per heavy atom. The van der Waals surface area contributed by atoms with Gasteiger partial charge in [0.15, 0.2) is 11.5 Å². The van der Waals surface area contributed by atoms with Crippen molar-refractivity contribution in [3.8, 4) is 5.69 Å². The Hall–Kier alpha value is -3.68. The third kappa shape index (κ3) is 3.05. The summed E-state index contributed by atoms with van der Waals surface area (Å²) in [6.07, 6.45) is 8.08. The normalized spacial score (nSPS) is 11.2. The highest BCUT2D eigenvalue weighted by atomic mass is 19.1. The maximum atomic E-state index is 12.9. The second-order valence-electron chi connectivity index (χ2n) is 5.15. The number of halogens is 1. The molecular formula is C17H12FN7. The van der Waals surface area contributed by atoms with Crippen LogP contribution in [0.2, 0.25) is 0 Å². The van der Waals surface area contributed by atoms with Gasteiger partial charge < -0.3 is 0 Å². The van der Waals surface area contributed by atoms with Crippen molar-refractivity contribution in [1.29, 1.82) is 0 Å². The molecule has 3 aromatic heterocycles. The van der Waals surface area contributed by atoms with Crippen LogP contribution in [0.15, 0.2) is 66.4 Å². The molecule has 0 atom stereocenters. The van der Waals surface area contributed by atoms with E-state index in [1.165, 1.54) is 18.5 Å². The van der Waals surface area contributed by atoms with Crippen molar-refractivity contribution in [3.63, 3.8) is 0 Å². The molecule has 0 aliphatic carbocycles. The van der Waals surface area contributed by atoms with Crippen LogP contribution in [0.25, 0.3) is 16.7 Å². The van der Waals surface area contributed by atoms with Crippen LogP contribution in [0.4, 0.5) is 10.2 Å². The predicted molar refractivity (Wildman–Crippen MR) is 92.1 cm³/mol. The van der Waals surface area contributed by atoms with Crippen molar-refractivity contribution in [2.24, 2.45) is 5.10 Å². The highest BCUT2D eigenvalue weighted by Crippen LogP contribution is 2.21. The molecule has 4 rings (SSSR count). The number of hydrogen-bond donors (Lipinski definition) is 1. The number of aromatic nitrogens is 5. The van der Waals surface area contributed by atoms with E-state index in [9.17, 15) is 4.39 Å². The van der Waals surface area contributed by atoms with Crippen LogP contribution in [0, 0.1) is 5.82 Å². The van der Waals surface area contributed by atoms with Crippen LogP contribution in [-0.2, 0) is 0 Å². The number of hydrogen-bond acceptors (Lipinski definition) is 6. The molecule has 0 aliphatic rings.